The number of fused-ring (bicyclic) bond motifs is 5. The fraction of sp³-hybridized carbons (Fsp3) is 0.462. The molecule has 1 aliphatic carbocycles. The highest BCUT2D eigenvalue weighted by Crippen LogP contribution is 2.46. The molecule has 0 saturated heterocycles. The number of hydrogen-bond donors (Lipinski definition) is 1. The Morgan fingerprint density at radius 1 is 1.24 bits per heavy atom. The Labute approximate surface area is 174 Å². The zero-order chi connectivity index (χ0) is 20.1. The summed E-state index contributed by atoms with van der Waals surface area (Å²) in [5.74, 6) is 1.42. The molecule has 0 spiro atoms. The van der Waals surface area contributed by atoms with Gasteiger partial charge in [-0.1, -0.05) is 24.6 Å². The van der Waals surface area contributed by atoms with Gasteiger partial charge in [-0.25, -0.2) is 0 Å². The summed E-state index contributed by atoms with van der Waals surface area (Å²) in [6.45, 7) is 8.99. The van der Waals surface area contributed by atoms with Gasteiger partial charge in [0.15, 0.2) is 0 Å². The normalized spacial score (nSPS) is 24.1. The van der Waals surface area contributed by atoms with Crippen molar-refractivity contribution in [2.24, 2.45) is 13.0 Å². The summed E-state index contributed by atoms with van der Waals surface area (Å²) < 4.78 is 4.79. The van der Waals surface area contributed by atoms with E-state index in [1.807, 2.05) is 0 Å². The number of aromatic nitrogens is 2. The monoisotopic (exact) mass is 387 g/mol. The molecular weight excluding hydrogens is 354 g/mol. The first kappa shape index (κ1) is 18.7. The molecule has 1 fully saturated rings. The van der Waals surface area contributed by atoms with Crippen LogP contribution in [-0.4, -0.2) is 15.2 Å². The van der Waals surface area contributed by atoms with Crippen LogP contribution in [0.3, 0.4) is 0 Å². The molecular formula is C26H33N3. The lowest BCUT2D eigenvalue weighted by Gasteiger charge is -2.31. The summed E-state index contributed by atoms with van der Waals surface area (Å²) in [7, 11) is 2.09. The summed E-state index contributed by atoms with van der Waals surface area (Å²) >= 11 is 0. The second-order valence-electron chi connectivity index (χ2n) is 9.35. The van der Waals surface area contributed by atoms with Crippen molar-refractivity contribution in [2.45, 2.75) is 65.1 Å². The van der Waals surface area contributed by atoms with E-state index in [0.717, 1.165) is 25.4 Å². The molecule has 3 heterocycles. The molecule has 152 valence electrons. The number of aryl methyl sites for hydroxylation is 3. The van der Waals surface area contributed by atoms with Crippen molar-refractivity contribution < 1.29 is 0 Å². The summed E-state index contributed by atoms with van der Waals surface area (Å²) in [4.78, 5) is 0. The van der Waals surface area contributed by atoms with E-state index >= 15 is 0 Å². The minimum Gasteiger partial charge on any atom is -0.357 e. The maximum atomic E-state index is 3.86. The number of allylic oxidation sites excluding steroid dienone is 2. The second-order valence-corrected chi connectivity index (χ2v) is 9.35. The van der Waals surface area contributed by atoms with E-state index < -0.39 is 0 Å². The highest BCUT2D eigenvalue weighted by atomic mass is 15.0. The first-order chi connectivity index (χ1) is 14.0. The first-order valence-corrected chi connectivity index (χ1v) is 11.2. The Morgan fingerprint density at radius 3 is 2.90 bits per heavy atom. The largest absolute Gasteiger partial charge is 0.357 e. The van der Waals surface area contributed by atoms with Crippen LogP contribution in [0.4, 0.5) is 0 Å². The second kappa shape index (κ2) is 7.21. The van der Waals surface area contributed by atoms with Gasteiger partial charge >= 0.3 is 0 Å². The Hall–Kier alpha value is -2.26. The minimum atomic E-state index is 0.656. The van der Waals surface area contributed by atoms with Crippen LogP contribution in [0.1, 0.15) is 61.4 Å². The van der Waals surface area contributed by atoms with E-state index in [4.69, 9.17) is 0 Å². The van der Waals surface area contributed by atoms with Crippen LogP contribution in [0, 0.1) is 12.8 Å². The Bertz CT molecular complexity index is 1080. The van der Waals surface area contributed by atoms with E-state index in [1.165, 1.54) is 40.4 Å². The standard InChI is InChI=1S/C26H33N3/c1-17-7-10-24-21(14-17)22-15-27-23-9-8-19(3)25(23)26(22)29(24)12-5-6-18(2)20-11-13-28(4)16-20/h6-7,10-11,13-14,16,19,23,25,27H,5,8-9,12,15H2,1-4H3/b18-6+/t19?,23?,25-/m1/s1. The summed E-state index contributed by atoms with van der Waals surface area (Å²) in [5.41, 5.74) is 8.68. The quantitative estimate of drug-likeness (QED) is 0.603. The molecule has 5 rings (SSSR count). The van der Waals surface area contributed by atoms with Gasteiger partial charge in [-0.3, -0.25) is 0 Å². The van der Waals surface area contributed by atoms with Crippen molar-refractivity contribution >= 4 is 16.5 Å². The molecule has 29 heavy (non-hydrogen) atoms. The molecule has 0 radical (unpaired) electrons. The minimum absolute atomic E-state index is 0.656. The van der Waals surface area contributed by atoms with Gasteiger partial charge in [0.1, 0.15) is 0 Å². The number of nitrogens with one attached hydrogen (secondary N) is 1. The highest BCUT2D eigenvalue weighted by Gasteiger charge is 2.41. The van der Waals surface area contributed by atoms with Crippen molar-refractivity contribution in [2.75, 3.05) is 0 Å². The third-order valence-electron chi connectivity index (χ3n) is 7.29. The molecule has 1 aliphatic heterocycles. The predicted molar refractivity (Wildman–Crippen MR) is 122 cm³/mol. The third-order valence-corrected chi connectivity index (χ3v) is 7.29. The lowest BCUT2D eigenvalue weighted by molar-refractivity contribution is 0.387. The molecule has 3 atom stereocenters. The summed E-state index contributed by atoms with van der Waals surface area (Å²) in [6.07, 6.45) is 10.5. The molecule has 2 aliphatic rings. The predicted octanol–water partition coefficient (Wildman–Crippen LogP) is 5.77. The Balaban J connectivity index is 1.53. The first-order valence-electron chi connectivity index (χ1n) is 11.2. The fourth-order valence-corrected chi connectivity index (χ4v) is 5.75. The Kier molecular flexibility index (Phi) is 4.66. The average molecular weight is 388 g/mol. The maximum Gasteiger partial charge on any atom is 0.0486 e. The molecule has 0 bridgehead atoms. The van der Waals surface area contributed by atoms with Crippen LogP contribution in [0.25, 0.3) is 16.5 Å². The topological polar surface area (TPSA) is 21.9 Å². The zero-order valence-electron chi connectivity index (χ0n) is 18.2. The van der Waals surface area contributed by atoms with E-state index in [1.54, 1.807) is 11.3 Å². The number of benzene rings is 1. The lowest BCUT2D eigenvalue weighted by Crippen LogP contribution is -2.38. The van der Waals surface area contributed by atoms with Gasteiger partial charge < -0.3 is 14.5 Å². The SMILES string of the molecule is C/C(=C\CCn1c2c(c3cc(C)ccc31)CNC1CCC(C)[C@@H]21)c1ccn(C)c1. The molecule has 2 aromatic heterocycles. The van der Waals surface area contributed by atoms with Gasteiger partial charge in [0.05, 0.1) is 0 Å². The molecule has 1 N–H and O–H groups in total. The van der Waals surface area contributed by atoms with Crippen LogP contribution in [0.15, 0.2) is 42.7 Å². The number of rotatable bonds is 4. The van der Waals surface area contributed by atoms with Gasteiger partial charge in [0, 0.05) is 61.1 Å². The summed E-state index contributed by atoms with van der Waals surface area (Å²) in [5, 5.41) is 5.33. The molecule has 2 unspecified atom stereocenters. The van der Waals surface area contributed by atoms with Crippen molar-refractivity contribution in [3.63, 3.8) is 0 Å². The zero-order valence-corrected chi connectivity index (χ0v) is 18.2. The van der Waals surface area contributed by atoms with Crippen molar-refractivity contribution in [1.29, 1.82) is 0 Å². The molecule has 1 aromatic carbocycles. The van der Waals surface area contributed by atoms with Crippen LogP contribution >= 0.6 is 0 Å². The fourth-order valence-electron chi connectivity index (χ4n) is 5.75. The third kappa shape index (κ3) is 3.16. The van der Waals surface area contributed by atoms with Crippen molar-refractivity contribution in [3.05, 3.63) is 65.1 Å². The van der Waals surface area contributed by atoms with Gasteiger partial charge in [0.25, 0.3) is 0 Å². The molecule has 3 aromatic rings. The van der Waals surface area contributed by atoms with E-state index in [2.05, 4.69) is 85.0 Å². The van der Waals surface area contributed by atoms with Crippen LogP contribution in [-0.2, 0) is 20.1 Å². The van der Waals surface area contributed by atoms with Crippen LogP contribution in [0.2, 0.25) is 0 Å². The highest BCUT2D eigenvalue weighted by molar-refractivity contribution is 5.87. The molecule has 1 saturated carbocycles. The molecule has 0 amide bonds. The molecule has 3 nitrogen and oxygen atoms in total. The van der Waals surface area contributed by atoms with E-state index in [9.17, 15) is 0 Å². The smallest absolute Gasteiger partial charge is 0.0486 e. The summed E-state index contributed by atoms with van der Waals surface area (Å²) in [6, 6.07) is 9.89. The van der Waals surface area contributed by atoms with E-state index in [0.29, 0.717) is 12.0 Å². The van der Waals surface area contributed by atoms with Gasteiger partial charge in [0.2, 0.25) is 0 Å². The van der Waals surface area contributed by atoms with Gasteiger partial charge in [-0.2, -0.15) is 0 Å². The van der Waals surface area contributed by atoms with Crippen LogP contribution in [0.5, 0.6) is 0 Å². The lowest BCUT2D eigenvalue weighted by atomic mass is 9.86. The number of nitrogens with zero attached hydrogens (tertiary/aromatic N) is 2. The van der Waals surface area contributed by atoms with Crippen molar-refractivity contribution in [1.82, 2.24) is 14.5 Å². The number of hydrogen-bond acceptors (Lipinski definition) is 1. The van der Waals surface area contributed by atoms with Gasteiger partial charge in [-0.15, -0.1) is 0 Å². The van der Waals surface area contributed by atoms with Crippen molar-refractivity contribution in [3.8, 4) is 0 Å². The Morgan fingerprint density at radius 2 is 2.10 bits per heavy atom. The van der Waals surface area contributed by atoms with E-state index in [-0.39, 0.29) is 0 Å². The van der Waals surface area contributed by atoms with Crippen LogP contribution < -0.4 is 5.32 Å². The average Bonchev–Trinajstić information content (AvgIpc) is 3.38. The molecule has 3 heteroatoms. The van der Waals surface area contributed by atoms with Gasteiger partial charge in [-0.05, 0) is 73.9 Å². The maximum absolute atomic E-state index is 3.86.